The molecule has 1 aromatic carbocycles. The maximum absolute atomic E-state index is 11.5. The maximum Gasteiger partial charge on any atom is 0.241 e. The number of nitrogens with zero attached hydrogens (tertiary/aromatic N) is 1. The molecule has 2 rings (SSSR count). The van der Waals surface area contributed by atoms with Crippen molar-refractivity contribution in [3.8, 4) is 0 Å². The molecule has 1 unspecified atom stereocenters. The molecule has 1 fully saturated rings. The minimum absolute atomic E-state index is 0.152. The lowest BCUT2D eigenvalue weighted by Gasteiger charge is -2.36. The Morgan fingerprint density at radius 1 is 1.29 bits per heavy atom. The zero-order valence-corrected chi connectivity index (χ0v) is 13.4. The molecule has 116 valence electrons. The van der Waals surface area contributed by atoms with Crippen molar-refractivity contribution in [1.29, 1.82) is 0 Å². The van der Waals surface area contributed by atoms with E-state index in [1.807, 2.05) is 19.1 Å². The number of hydrazine groups is 1. The largest absolute Gasteiger partial charge is 0.299 e. The summed E-state index contributed by atoms with van der Waals surface area (Å²) in [7, 11) is 0. The van der Waals surface area contributed by atoms with E-state index < -0.39 is 0 Å². The highest BCUT2D eigenvalue weighted by molar-refractivity contribution is 5.82. The van der Waals surface area contributed by atoms with Crippen LogP contribution in [0.25, 0.3) is 0 Å². The second kappa shape index (κ2) is 6.58. The third-order valence-electron chi connectivity index (χ3n) is 4.63. The second-order valence-corrected chi connectivity index (χ2v) is 6.91. The Morgan fingerprint density at radius 3 is 2.38 bits per heavy atom. The third kappa shape index (κ3) is 4.29. The standard InChI is InChI=1S/C17H27N3O/c1-13(16(21)19-18)15-6-4-14(5-7-15)12-20-10-8-17(2,3)9-11-20/h4-7,13H,8-12,18H2,1-3H3,(H,19,21). The van der Waals surface area contributed by atoms with E-state index in [-0.39, 0.29) is 11.8 Å². The van der Waals surface area contributed by atoms with Gasteiger partial charge in [-0.2, -0.15) is 0 Å². The van der Waals surface area contributed by atoms with Gasteiger partial charge in [0.15, 0.2) is 0 Å². The fourth-order valence-electron chi connectivity index (χ4n) is 2.76. The van der Waals surface area contributed by atoms with Crippen LogP contribution in [-0.2, 0) is 11.3 Å². The van der Waals surface area contributed by atoms with Crippen LogP contribution in [0.15, 0.2) is 24.3 Å². The van der Waals surface area contributed by atoms with Crippen LogP contribution in [0.3, 0.4) is 0 Å². The quantitative estimate of drug-likeness (QED) is 0.508. The fraction of sp³-hybridized carbons (Fsp3) is 0.588. The molecular weight excluding hydrogens is 262 g/mol. The predicted molar refractivity (Wildman–Crippen MR) is 85.5 cm³/mol. The minimum Gasteiger partial charge on any atom is -0.299 e. The lowest BCUT2D eigenvalue weighted by atomic mass is 9.82. The Labute approximate surface area is 127 Å². The van der Waals surface area contributed by atoms with Crippen LogP contribution in [0.4, 0.5) is 0 Å². The van der Waals surface area contributed by atoms with Gasteiger partial charge >= 0.3 is 0 Å². The van der Waals surface area contributed by atoms with Gasteiger partial charge in [-0.05, 0) is 49.4 Å². The molecule has 0 aliphatic carbocycles. The molecule has 0 spiro atoms. The number of carbonyl (C=O) groups excluding carboxylic acids is 1. The number of carbonyl (C=O) groups is 1. The zero-order valence-electron chi connectivity index (χ0n) is 13.4. The first-order valence-electron chi connectivity index (χ1n) is 7.73. The van der Waals surface area contributed by atoms with Crippen molar-refractivity contribution >= 4 is 5.91 Å². The molecular formula is C17H27N3O. The van der Waals surface area contributed by atoms with Gasteiger partial charge in [0.1, 0.15) is 0 Å². The van der Waals surface area contributed by atoms with Gasteiger partial charge in [-0.3, -0.25) is 15.1 Å². The van der Waals surface area contributed by atoms with Crippen molar-refractivity contribution < 1.29 is 4.79 Å². The number of piperidine rings is 1. The van der Waals surface area contributed by atoms with Crippen molar-refractivity contribution in [3.05, 3.63) is 35.4 Å². The van der Waals surface area contributed by atoms with E-state index in [0.29, 0.717) is 5.41 Å². The first kappa shape index (κ1) is 16.0. The molecule has 4 heteroatoms. The first-order chi connectivity index (χ1) is 9.91. The van der Waals surface area contributed by atoms with Crippen molar-refractivity contribution in [2.24, 2.45) is 11.3 Å². The van der Waals surface area contributed by atoms with Gasteiger partial charge in [0, 0.05) is 6.54 Å². The lowest BCUT2D eigenvalue weighted by molar-refractivity contribution is -0.122. The van der Waals surface area contributed by atoms with Crippen LogP contribution < -0.4 is 11.3 Å². The average Bonchev–Trinajstić information content (AvgIpc) is 2.48. The van der Waals surface area contributed by atoms with Crippen molar-refractivity contribution in [2.45, 2.75) is 46.1 Å². The highest BCUT2D eigenvalue weighted by Crippen LogP contribution is 2.30. The van der Waals surface area contributed by atoms with Crippen LogP contribution in [0, 0.1) is 5.41 Å². The number of nitrogens with one attached hydrogen (secondary N) is 1. The number of benzene rings is 1. The summed E-state index contributed by atoms with van der Waals surface area (Å²) < 4.78 is 0. The predicted octanol–water partition coefficient (Wildman–Crippen LogP) is 2.40. The number of nitrogens with two attached hydrogens (primary N) is 1. The Bertz CT molecular complexity index is 471. The van der Waals surface area contributed by atoms with E-state index in [1.54, 1.807) is 0 Å². The minimum atomic E-state index is -0.208. The first-order valence-corrected chi connectivity index (χ1v) is 7.73. The number of hydrogen-bond donors (Lipinski definition) is 2. The molecule has 1 aromatic rings. The van der Waals surface area contributed by atoms with Crippen molar-refractivity contribution in [3.63, 3.8) is 0 Å². The van der Waals surface area contributed by atoms with Gasteiger partial charge in [0.05, 0.1) is 5.92 Å². The van der Waals surface area contributed by atoms with Gasteiger partial charge < -0.3 is 0 Å². The van der Waals surface area contributed by atoms with E-state index in [0.717, 1.165) is 12.1 Å². The normalized spacial score (nSPS) is 20.0. The van der Waals surface area contributed by atoms with Crippen LogP contribution in [-0.4, -0.2) is 23.9 Å². The molecule has 21 heavy (non-hydrogen) atoms. The highest BCUT2D eigenvalue weighted by atomic mass is 16.2. The van der Waals surface area contributed by atoms with Gasteiger partial charge in [0.25, 0.3) is 0 Å². The van der Waals surface area contributed by atoms with Gasteiger partial charge in [-0.15, -0.1) is 0 Å². The van der Waals surface area contributed by atoms with Crippen molar-refractivity contribution in [1.82, 2.24) is 10.3 Å². The number of amides is 1. The van der Waals surface area contributed by atoms with E-state index in [2.05, 4.69) is 36.3 Å². The third-order valence-corrected chi connectivity index (χ3v) is 4.63. The van der Waals surface area contributed by atoms with E-state index in [4.69, 9.17) is 5.84 Å². The molecule has 3 N–H and O–H groups in total. The Morgan fingerprint density at radius 2 is 1.86 bits per heavy atom. The summed E-state index contributed by atoms with van der Waals surface area (Å²) in [5.41, 5.74) is 5.00. The summed E-state index contributed by atoms with van der Waals surface area (Å²) in [6.45, 7) is 9.89. The topological polar surface area (TPSA) is 58.4 Å². The zero-order chi connectivity index (χ0) is 15.5. The molecule has 1 aliphatic heterocycles. The van der Waals surface area contributed by atoms with Gasteiger partial charge in [0.2, 0.25) is 5.91 Å². The smallest absolute Gasteiger partial charge is 0.241 e. The Hall–Kier alpha value is -1.39. The highest BCUT2D eigenvalue weighted by Gasteiger charge is 2.25. The van der Waals surface area contributed by atoms with E-state index in [9.17, 15) is 4.79 Å². The molecule has 1 aliphatic rings. The molecule has 0 saturated carbocycles. The summed E-state index contributed by atoms with van der Waals surface area (Å²) in [5.74, 6) is 4.82. The molecule has 0 bridgehead atoms. The molecule has 4 nitrogen and oxygen atoms in total. The maximum atomic E-state index is 11.5. The van der Waals surface area contributed by atoms with Crippen LogP contribution >= 0.6 is 0 Å². The molecule has 1 saturated heterocycles. The summed E-state index contributed by atoms with van der Waals surface area (Å²) in [6, 6.07) is 8.30. The SMILES string of the molecule is CC(C(=O)NN)c1ccc(CN2CCC(C)(C)CC2)cc1. The van der Waals surface area contributed by atoms with Gasteiger partial charge in [-0.25, -0.2) is 5.84 Å². The van der Waals surface area contributed by atoms with Crippen LogP contribution in [0.5, 0.6) is 0 Å². The summed E-state index contributed by atoms with van der Waals surface area (Å²) >= 11 is 0. The summed E-state index contributed by atoms with van der Waals surface area (Å²) in [6.07, 6.45) is 2.53. The molecule has 1 amide bonds. The van der Waals surface area contributed by atoms with Crippen LogP contribution in [0.2, 0.25) is 0 Å². The molecule has 1 atom stereocenters. The van der Waals surface area contributed by atoms with E-state index in [1.165, 1.54) is 31.5 Å². The Balaban J connectivity index is 1.92. The van der Waals surface area contributed by atoms with Gasteiger partial charge in [-0.1, -0.05) is 38.1 Å². The lowest BCUT2D eigenvalue weighted by Crippen LogP contribution is -2.36. The Kier molecular flexibility index (Phi) is 5.01. The fourth-order valence-corrected chi connectivity index (χ4v) is 2.76. The van der Waals surface area contributed by atoms with Crippen molar-refractivity contribution in [2.75, 3.05) is 13.1 Å². The molecule has 0 radical (unpaired) electrons. The second-order valence-electron chi connectivity index (χ2n) is 6.91. The molecule has 0 aromatic heterocycles. The monoisotopic (exact) mass is 289 g/mol. The summed E-state index contributed by atoms with van der Waals surface area (Å²) in [4.78, 5) is 14.0. The summed E-state index contributed by atoms with van der Waals surface area (Å²) in [5, 5.41) is 0. The number of likely N-dealkylation sites (tertiary alicyclic amines) is 1. The van der Waals surface area contributed by atoms with Crippen LogP contribution in [0.1, 0.15) is 50.7 Å². The van der Waals surface area contributed by atoms with E-state index >= 15 is 0 Å². The number of hydrogen-bond acceptors (Lipinski definition) is 3. The number of rotatable bonds is 4. The molecule has 1 heterocycles. The average molecular weight is 289 g/mol.